The van der Waals surface area contributed by atoms with Crippen LogP contribution >= 0.6 is 0 Å². The first-order valence-corrected chi connectivity index (χ1v) is 22.2. The van der Waals surface area contributed by atoms with E-state index in [1.807, 2.05) is 0 Å². The molecule has 0 rings (SSSR count). The fourth-order valence-electron chi connectivity index (χ4n) is 6.25. The third-order valence-corrected chi connectivity index (χ3v) is 9.63. The zero-order valence-corrected chi connectivity index (χ0v) is 34.3. The number of ether oxygens (including phenoxy) is 2. The fourth-order valence-corrected chi connectivity index (χ4v) is 6.25. The lowest BCUT2D eigenvalue weighted by atomic mass is 10.0. The number of carbonyl (C=O) groups excluding carboxylic acids is 2. The number of rotatable bonds is 40. The molecule has 0 fully saturated rings. The minimum absolute atomic E-state index is 0.0926. The molecule has 0 bridgehead atoms. The van der Waals surface area contributed by atoms with Gasteiger partial charge in [-0.25, -0.2) is 0 Å². The first-order chi connectivity index (χ1) is 25.6. The highest BCUT2D eigenvalue weighted by Crippen LogP contribution is 2.15. The van der Waals surface area contributed by atoms with Gasteiger partial charge in [0.1, 0.15) is 6.61 Å². The van der Waals surface area contributed by atoms with Crippen LogP contribution in [0.25, 0.3) is 0 Å². The lowest BCUT2D eigenvalue weighted by molar-refractivity contribution is -0.161. The molecule has 1 N–H and O–H groups in total. The summed E-state index contributed by atoms with van der Waals surface area (Å²) in [5.41, 5.74) is 0. The maximum absolute atomic E-state index is 12.2. The van der Waals surface area contributed by atoms with Crippen LogP contribution in [0, 0.1) is 0 Å². The number of hydrogen-bond donors (Lipinski definition) is 1. The molecule has 302 valence electrons. The number of carbonyl (C=O) groups is 2. The van der Waals surface area contributed by atoms with Crippen molar-refractivity contribution in [2.24, 2.45) is 0 Å². The minimum atomic E-state index is -0.792. The summed E-state index contributed by atoms with van der Waals surface area (Å²) in [5.74, 6) is -0.650. The van der Waals surface area contributed by atoms with Gasteiger partial charge in [0.25, 0.3) is 0 Å². The van der Waals surface area contributed by atoms with Gasteiger partial charge in [-0.3, -0.25) is 9.59 Å². The van der Waals surface area contributed by atoms with Crippen molar-refractivity contribution in [3.63, 3.8) is 0 Å². The van der Waals surface area contributed by atoms with E-state index in [-0.39, 0.29) is 25.2 Å². The van der Waals surface area contributed by atoms with Gasteiger partial charge in [0.15, 0.2) is 6.10 Å². The highest BCUT2D eigenvalue weighted by molar-refractivity contribution is 5.70. The molecule has 0 amide bonds. The maximum Gasteiger partial charge on any atom is 0.306 e. The van der Waals surface area contributed by atoms with Crippen molar-refractivity contribution in [3.05, 3.63) is 48.6 Å². The summed E-state index contributed by atoms with van der Waals surface area (Å²) in [6.45, 7) is 4.08. The average Bonchev–Trinajstić information content (AvgIpc) is 3.15. The van der Waals surface area contributed by atoms with Crippen LogP contribution in [0.1, 0.15) is 219 Å². The lowest BCUT2D eigenvalue weighted by Gasteiger charge is -2.15. The van der Waals surface area contributed by atoms with Gasteiger partial charge in [0.2, 0.25) is 0 Å². The van der Waals surface area contributed by atoms with Crippen molar-refractivity contribution < 1.29 is 24.2 Å². The van der Waals surface area contributed by atoms with Crippen LogP contribution < -0.4 is 0 Å². The molecule has 1 atom stereocenters. The second-order valence-corrected chi connectivity index (χ2v) is 14.8. The summed E-state index contributed by atoms with van der Waals surface area (Å²) in [6, 6.07) is 0. The van der Waals surface area contributed by atoms with Crippen molar-refractivity contribution in [3.8, 4) is 0 Å². The Bertz CT molecular complexity index is 873. The Morgan fingerprint density at radius 2 is 0.788 bits per heavy atom. The summed E-state index contributed by atoms with van der Waals surface area (Å²) in [7, 11) is 0. The number of allylic oxidation sites excluding steroid dienone is 8. The molecule has 52 heavy (non-hydrogen) atoms. The molecular weight excluding hydrogens is 645 g/mol. The van der Waals surface area contributed by atoms with E-state index < -0.39 is 6.10 Å². The van der Waals surface area contributed by atoms with Crippen LogP contribution in [0.4, 0.5) is 0 Å². The molecule has 0 saturated heterocycles. The third kappa shape index (κ3) is 40.6. The zero-order chi connectivity index (χ0) is 37.8. The van der Waals surface area contributed by atoms with Crippen LogP contribution in [-0.4, -0.2) is 36.4 Å². The first-order valence-electron chi connectivity index (χ1n) is 22.2. The largest absolute Gasteiger partial charge is 0.462 e. The van der Waals surface area contributed by atoms with E-state index in [0.717, 1.165) is 44.9 Å². The van der Waals surface area contributed by atoms with E-state index >= 15 is 0 Å². The highest BCUT2D eigenvalue weighted by Gasteiger charge is 2.16. The average molecular weight is 729 g/mol. The smallest absolute Gasteiger partial charge is 0.306 e. The highest BCUT2D eigenvalue weighted by atomic mass is 16.6. The molecule has 0 aromatic carbocycles. The SMILES string of the molecule is CCCCCC=CCC=CCC=CCC=CCCCC(=O)OC[C@H](CO)OC(=O)CCCCCCCCCCCCCCCCCCCCCCC. The Labute approximate surface area is 322 Å². The Kier molecular flexibility index (Phi) is 41.5. The first kappa shape index (κ1) is 49.9. The Morgan fingerprint density at radius 3 is 1.21 bits per heavy atom. The zero-order valence-electron chi connectivity index (χ0n) is 34.3. The predicted octanol–water partition coefficient (Wildman–Crippen LogP) is 14.2. The van der Waals surface area contributed by atoms with Gasteiger partial charge in [-0.1, -0.05) is 204 Å². The molecular formula is C47H84O5. The molecule has 0 saturated carbocycles. The van der Waals surface area contributed by atoms with E-state index in [4.69, 9.17) is 9.47 Å². The quantitative estimate of drug-likeness (QED) is 0.0386. The molecule has 0 spiro atoms. The van der Waals surface area contributed by atoms with Crippen molar-refractivity contribution in [2.45, 2.75) is 225 Å². The summed E-state index contributed by atoms with van der Waals surface area (Å²) < 4.78 is 10.6. The fraction of sp³-hybridized carbons (Fsp3) is 0.787. The number of unbranched alkanes of at least 4 members (excludes halogenated alkanes) is 24. The molecule has 5 nitrogen and oxygen atoms in total. The van der Waals surface area contributed by atoms with Gasteiger partial charge in [-0.15, -0.1) is 0 Å². The van der Waals surface area contributed by atoms with E-state index in [2.05, 4.69) is 62.5 Å². The van der Waals surface area contributed by atoms with Crippen molar-refractivity contribution in [2.75, 3.05) is 13.2 Å². The van der Waals surface area contributed by atoms with Gasteiger partial charge in [-0.05, 0) is 51.4 Å². The molecule has 0 aliphatic heterocycles. The van der Waals surface area contributed by atoms with Crippen molar-refractivity contribution >= 4 is 11.9 Å². The summed E-state index contributed by atoms with van der Waals surface area (Å²) in [5, 5.41) is 9.58. The molecule has 0 aliphatic rings. The lowest BCUT2D eigenvalue weighted by Crippen LogP contribution is -2.28. The monoisotopic (exact) mass is 729 g/mol. The number of esters is 2. The van der Waals surface area contributed by atoms with E-state index in [1.165, 1.54) is 141 Å². The van der Waals surface area contributed by atoms with Crippen LogP contribution in [0.5, 0.6) is 0 Å². The normalized spacial score (nSPS) is 12.6. The summed E-state index contributed by atoms with van der Waals surface area (Å²) >= 11 is 0. The second kappa shape index (κ2) is 43.3. The minimum Gasteiger partial charge on any atom is -0.462 e. The molecule has 5 heteroatoms. The molecule has 0 aromatic heterocycles. The van der Waals surface area contributed by atoms with Crippen molar-refractivity contribution in [1.29, 1.82) is 0 Å². The number of aliphatic hydroxyl groups is 1. The van der Waals surface area contributed by atoms with Gasteiger partial charge in [0, 0.05) is 12.8 Å². The molecule has 0 heterocycles. The van der Waals surface area contributed by atoms with Gasteiger partial charge >= 0.3 is 11.9 Å². The van der Waals surface area contributed by atoms with Crippen LogP contribution in [-0.2, 0) is 19.1 Å². The maximum atomic E-state index is 12.2. The van der Waals surface area contributed by atoms with Crippen LogP contribution in [0.15, 0.2) is 48.6 Å². The van der Waals surface area contributed by atoms with Crippen molar-refractivity contribution in [1.82, 2.24) is 0 Å². The number of hydrogen-bond acceptors (Lipinski definition) is 5. The summed E-state index contributed by atoms with van der Waals surface area (Å²) in [4.78, 5) is 24.3. The van der Waals surface area contributed by atoms with Gasteiger partial charge in [-0.2, -0.15) is 0 Å². The van der Waals surface area contributed by atoms with E-state index in [1.54, 1.807) is 0 Å². The third-order valence-electron chi connectivity index (χ3n) is 9.63. The van der Waals surface area contributed by atoms with E-state index in [0.29, 0.717) is 19.3 Å². The molecule has 0 unspecified atom stereocenters. The standard InChI is InChI=1S/C47H84O5/c1-3-5-7-9-11-13-15-17-19-21-22-23-24-26-28-30-32-34-36-38-40-42-47(50)52-45(43-48)44-51-46(49)41-39-37-35-33-31-29-27-25-20-18-16-14-12-10-8-6-4-2/h12,14,18,20,27,29,33,35,45,48H,3-11,13,15-17,19,21-26,28,30-32,34,36-44H2,1-2H3/t45-/m0/s1. The summed E-state index contributed by atoms with van der Waals surface area (Å²) in [6.07, 6.45) is 54.8. The predicted molar refractivity (Wildman–Crippen MR) is 224 cm³/mol. The Balaban J connectivity index is 3.58. The van der Waals surface area contributed by atoms with Gasteiger partial charge < -0.3 is 14.6 Å². The molecule has 0 radical (unpaired) electrons. The Morgan fingerprint density at radius 1 is 0.442 bits per heavy atom. The molecule has 0 aliphatic carbocycles. The van der Waals surface area contributed by atoms with Crippen LogP contribution in [0.2, 0.25) is 0 Å². The van der Waals surface area contributed by atoms with Gasteiger partial charge in [0.05, 0.1) is 6.61 Å². The second-order valence-electron chi connectivity index (χ2n) is 14.8. The Hall–Kier alpha value is -2.14. The topological polar surface area (TPSA) is 72.8 Å². The van der Waals surface area contributed by atoms with Crippen LogP contribution in [0.3, 0.4) is 0 Å². The number of aliphatic hydroxyl groups excluding tert-OH is 1. The molecule has 0 aromatic rings. The van der Waals surface area contributed by atoms with E-state index in [9.17, 15) is 14.7 Å².